The molecule has 0 spiro atoms. The number of nitrogens with two attached hydrogens (primary N) is 1. The van der Waals surface area contributed by atoms with Crippen LogP contribution < -0.4 is 5.73 Å². The van der Waals surface area contributed by atoms with E-state index in [-0.39, 0.29) is 23.7 Å². The molecule has 2 N–H and O–H groups in total. The van der Waals surface area contributed by atoms with Gasteiger partial charge in [0.05, 0.1) is 11.4 Å². The van der Waals surface area contributed by atoms with Gasteiger partial charge in [-0.2, -0.15) is 0 Å². The highest BCUT2D eigenvalue weighted by Crippen LogP contribution is 2.22. The molecule has 0 aliphatic rings. The maximum absolute atomic E-state index is 13.7. The van der Waals surface area contributed by atoms with E-state index in [1.807, 2.05) is 0 Å². The van der Waals surface area contributed by atoms with Crippen LogP contribution in [0.2, 0.25) is 0 Å². The zero-order valence-corrected chi connectivity index (χ0v) is 11.5. The van der Waals surface area contributed by atoms with Crippen molar-refractivity contribution in [2.24, 2.45) is 5.73 Å². The molecule has 2 rings (SSSR count). The van der Waals surface area contributed by atoms with Crippen LogP contribution in [0.5, 0.6) is 0 Å². The highest BCUT2D eigenvalue weighted by Gasteiger charge is 2.14. The second kappa shape index (κ2) is 6.17. The van der Waals surface area contributed by atoms with Crippen molar-refractivity contribution in [1.29, 1.82) is 0 Å². The minimum absolute atomic E-state index is 0.103. The van der Waals surface area contributed by atoms with Gasteiger partial charge in [-0.25, -0.2) is 13.8 Å². The Labute approximate surface area is 119 Å². The van der Waals surface area contributed by atoms with Crippen LogP contribution in [0.25, 0.3) is 11.0 Å². The lowest BCUT2D eigenvalue weighted by atomic mass is 10.2. The van der Waals surface area contributed by atoms with Crippen molar-refractivity contribution in [2.75, 3.05) is 0 Å². The Bertz CT molecular complexity index is 642. The molecule has 1 aromatic heterocycles. The predicted octanol–water partition coefficient (Wildman–Crippen LogP) is 2.71. The number of rotatable bonds is 6. The van der Waals surface area contributed by atoms with Crippen LogP contribution in [-0.4, -0.2) is 15.5 Å². The highest BCUT2D eigenvalue weighted by molar-refractivity contribution is 6.16. The number of carbonyl (C=O) groups is 1. The third kappa shape index (κ3) is 3.07. The molecule has 20 heavy (non-hydrogen) atoms. The van der Waals surface area contributed by atoms with Gasteiger partial charge in [-0.15, -0.1) is 11.6 Å². The van der Waals surface area contributed by atoms with Gasteiger partial charge in [-0.05, 0) is 18.9 Å². The van der Waals surface area contributed by atoms with Crippen LogP contribution in [0.4, 0.5) is 8.78 Å². The molecule has 1 aromatic carbocycles. The molecule has 0 fully saturated rings. The number of imidazole rings is 1. The Morgan fingerprint density at radius 3 is 2.75 bits per heavy atom. The number of aromatic nitrogens is 2. The molecule has 108 valence electrons. The first-order chi connectivity index (χ1) is 9.52. The van der Waals surface area contributed by atoms with E-state index in [0.29, 0.717) is 30.7 Å². The number of halogens is 3. The third-order valence-electron chi connectivity index (χ3n) is 3.03. The average Bonchev–Trinajstić information content (AvgIpc) is 2.73. The largest absolute Gasteiger partial charge is 0.370 e. The molecule has 7 heteroatoms. The summed E-state index contributed by atoms with van der Waals surface area (Å²) in [6, 6.07) is 2.03. The Morgan fingerprint density at radius 2 is 2.10 bits per heavy atom. The predicted molar refractivity (Wildman–Crippen MR) is 72.3 cm³/mol. The van der Waals surface area contributed by atoms with Crippen LogP contribution in [0.3, 0.4) is 0 Å². The molecule has 0 aliphatic heterocycles. The molecule has 0 saturated carbocycles. The summed E-state index contributed by atoms with van der Waals surface area (Å²) in [7, 11) is 0. The Hall–Kier alpha value is -1.69. The summed E-state index contributed by atoms with van der Waals surface area (Å²) in [5.74, 6) is -1.15. The lowest BCUT2D eigenvalue weighted by Crippen LogP contribution is -2.10. The topological polar surface area (TPSA) is 60.9 Å². The van der Waals surface area contributed by atoms with E-state index in [1.165, 1.54) is 6.07 Å². The minimum Gasteiger partial charge on any atom is -0.370 e. The summed E-state index contributed by atoms with van der Waals surface area (Å²) in [6.07, 6.45) is 1.54. The lowest BCUT2D eigenvalue weighted by molar-refractivity contribution is -0.118. The van der Waals surface area contributed by atoms with Crippen molar-refractivity contribution in [3.8, 4) is 0 Å². The van der Waals surface area contributed by atoms with E-state index in [2.05, 4.69) is 4.98 Å². The molecular weight excluding hydrogens is 288 g/mol. The first kappa shape index (κ1) is 14.7. The number of benzene rings is 1. The lowest BCUT2D eigenvalue weighted by Gasteiger charge is -2.07. The number of fused-ring (bicyclic) bond motifs is 1. The molecule has 0 saturated heterocycles. The summed E-state index contributed by atoms with van der Waals surface area (Å²) in [5, 5.41) is 0. The quantitative estimate of drug-likeness (QED) is 0.659. The van der Waals surface area contributed by atoms with Gasteiger partial charge in [0, 0.05) is 19.0 Å². The van der Waals surface area contributed by atoms with E-state index in [0.717, 1.165) is 6.07 Å². The van der Waals surface area contributed by atoms with Gasteiger partial charge in [0.2, 0.25) is 5.91 Å². The zero-order valence-electron chi connectivity index (χ0n) is 10.7. The second-order valence-corrected chi connectivity index (χ2v) is 4.76. The SMILES string of the molecule is NC(=O)CCCCn1c(CCl)nc2c(F)cc(F)cc21. The monoisotopic (exact) mass is 301 g/mol. The van der Waals surface area contributed by atoms with Crippen LogP contribution in [0.1, 0.15) is 25.1 Å². The van der Waals surface area contributed by atoms with E-state index in [4.69, 9.17) is 17.3 Å². The molecule has 1 heterocycles. The number of hydrogen-bond donors (Lipinski definition) is 1. The van der Waals surface area contributed by atoms with Crippen molar-refractivity contribution < 1.29 is 13.6 Å². The molecule has 0 aliphatic carbocycles. The summed E-state index contributed by atoms with van der Waals surface area (Å²) in [6.45, 7) is 0.481. The summed E-state index contributed by atoms with van der Waals surface area (Å²) in [5.41, 5.74) is 5.54. The van der Waals surface area contributed by atoms with Gasteiger partial charge in [0.1, 0.15) is 17.2 Å². The minimum atomic E-state index is -0.706. The van der Waals surface area contributed by atoms with Crippen molar-refractivity contribution in [1.82, 2.24) is 9.55 Å². The van der Waals surface area contributed by atoms with Crippen LogP contribution in [0.15, 0.2) is 12.1 Å². The fourth-order valence-corrected chi connectivity index (χ4v) is 2.32. The van der Waals surface area contributed by atoms with E-state index >= 15 is 0 Å². The summed E-state index contributed by atoms with van der Waals surface area (Å²) >= 11 is 5.79. The van der Waals surface area contributed by atoms with Gasteiger partial charge in [0.25, 0.3) is 0 Å². The first-order valence-corrected chi connectivity index (χ1v) is 6.75. The van der Waals surface area contributed by atoms with Gasteiger partial charge in [-0.1, -0.05) is 0 Å². The van der Waals surface area contributed by atoms with Crippen LogP contribution >= 0.6 is 11.6 Å². The van der Waals surface area contributed by atoms with Gasteiger partial charge in [-0.3, -0.25) is 4.79 Å². The van der Waals surface area contributed by atoms with Crippen molar-refractivity contribution in [2.45, 2.75) is 31.7 Å². The molecule has 0 atom stereocenters. The molecule has 4 nitrogen and oxygen atoms in total. The highest BCUT2D eigenvalue weighted by atomic mass is 35.5. The maximum Gasteiger partial charge on any atom is 0.217 e. The zero-order chi connectivity index (χ0) is 14.7. The number of hydrogen-bond acceptors (Lipinski definition) is 2. The van der Waals surface area contributed by atoms with Crippen LogP contribution in [0, 0.1) is 11.6 Å². The number of unbranched alkanes of at least 4 members (excludes halogenated alkanes) is 1. The van der Waals surface area contributed by atoms with E-state index < -0.39 is 11.6 Å². The van der Waals surface area contributed by atoms with Crippen molar-refractivity contribution in [3.63, 3.8) is 0 Å². The van der Waals surface area contributed by atoms with Crippen molar-refractivity contribution >= 4 is 28.5 Å². The third-order valence-corrected chi connectivity index (χ3v) is 3.26. The second-order valence-electron chi connectivity index (χ2n) is 4.49. The molecule has 0 radical (unpaired) electrons. The number of primary amides is 1. The number of nitrogens with zero attached hydrogens (tertiary/aromatic N) is 2. The Morgan fingerprint density at radius 1 is 1.35 bits per heavy atom. The van der Waals surface area contributed by atoms with E-state index in [9.17, 15) is 13.6 Å². The first-order valence-electron chi connectivity index (χ1n) is 6.21. The number of aryl methyl sites for hydroxylation is 1. The van der Waals surface area contributed by atoms with Crippen LogP contribution in [-0.2, 0) is 17.2 Å². The number of amides is 1. The number of carbonyl (C=O) groups excluding carboxylic acids is 1. The normalized spacial score (nSPS) is 11.2. The molecule has 1 amide bonds. The summed E-state index contributed by atoms with van der Waals surface area (Å²) < 4.78 is 28.6. The fourth-order valence-electron chi connectivity index (χ4n) is 2.12. The fraction of sp³-hybridized carbons (Fsp3) is 0.385. The molecule has 0 bridgehead atoms. The molecular formula is C13H14ClF2N3O. The smallest absolute Gasteiger partial charge is 0.217 e. The maximum atomic E-state index is 13.7. The van der Waals surface area contributed by atoms with Gasteiger partial charge < -0.3 is 10.3 Å². The van der Waals surface area contributed by atoms with Gasteiger partial charge in [0.15, 0.2) is 5.82 Å². The van der Waals surface area contributed by atoms with Gasteiger partial charge >= 0.3 is 0 Å². The Kier molecular flexibility index (Phi) is 4.54. The van der Waals surface area contributed by atoms with E-state index in [1.54, 1.807) is 4.57 Å². The summed E-state index contributed by atoms with van der Waals surface area (Å²) in [4.78, 5) is 14.8. The number of alkyl halides is 1. The molecule has 0 unspecified atom stereocenters. The Balaban J connectivity index is 2.28. The van der Waals surface area contributed by atoms with Crippen molar-refractivity contribution in [3.05, 3.63) is 29.6 Å². The average molecular weight is 302 g/mol. The standard InChI is InChI=1S/C13H14ClF2N3O/c14-7-12-18-13-9(16)5-8(15)6-10(13)19(12)4-2-1-3-11(17)20/h5-6H,1-4,7H2,(H2,17,20). The molecule has 2 aromatic rings.